The second-order valence-electron chi connectivity index (χ2n) is 5.81. The van der Waals surface area contributed by atoms with Gasteiger partial charge >= 0.3 is 12.3 Å². The third-order valence-corrected chi connectivity index (χ3v) is 2.48. The highest BCUT2D eigenvalue weighted by Gasteiger charge is 2.36. The van der Waals surface area contributed by atoms with Gasteiger partial charge < -0.3 is 9.84 Å². The highest BCUT2D eigenvalue weighted by atomic mass is 19.4. The molecule has 0 saturated heterocycles. The number of carbonyl (C=O) groups excluding carboxylic acids is 1. The van der Waals surface area contributed by atoms with E-state index < -0.39 is 30.5 Å². The molecule has 1 unspecified atom stereocenters. The Hall–Kier alpha value is -1.83. The molecule has 1 N–H and O–H groups in total. The lowest BCUT2D eigenvalue weighted by atomic mass is 10.2. The van der Waals surface area contributed by atoms with Gasteiger partial charge in [0, 0.05) is 6.20 Å². The summed E-state index contributed by atoms with van der Waals surface area (Å²) in [5, 5.41) is 9.38. The zero-order chi connectivity index (χ0) is 17.1. The van der Waals surface area contributed by atoms with Crippen molar-refractivity contribution in [1.82, 2.24) is 4.98 Å². The van der Waals surface area contributed by atoms with E-state index in [1.807, 2.05) is 0 Å². The van der Waals surface area contributed by atoms with Crippen LogP contribution in [0.15, 0.2) is 18.3 Å². The van der Waals surface area contributed by atoms with E-state index in [0.717, 1.165) is 0 Å². The summed E-state index contributed by atoms with van der Waals surface area (Å²) in [4.78, 5) is 16.2. The summed E-state index contributed by atoms with van der Waals surface area (Å²) in [6.07, 6.45) is -5.32. The summed E-state index contributed by atoms with van der Waals surface area (Å²) in [5.74, 6) is -0.198. The number of pyridine rings is 1. The van der Waals surface area contributed by atoms with E-state index in [0.29, 0.717) is 10.5 Å². The Morgan fingerprint density at radius 3 is 2.32 bits per heavy atom. The average molecular weight is 320 g/mol. The molecule has 0 aliphatic carbocycles. The summed E-state index contributed by atoms with van der Waals surface area (Å²) in [6.45, 7) is 4.66. The fraction of sp³-hybridized carbons (Fsp3) is 0.571. The number of nitrogens with zero attached hydrogens (tertiary/aromatic N) is 2. The molecule has 1 heterocycles. The fourth-order valence-corrected chi connectivity index (χ4v) is 1.54. The van der Waals surface area contributed by atoms with Gasteiger partial charge in [-0.25, -0.2) is 9.78 Å². The van der Waals surface area contributed by atoms with Gasteiger partial charge in [0.2, 0.25) is 0 Å². The summed E-state index contributed by atoms with van der Waals surface area (Å²) in [7, 11) is 0. The van der Waals surface area contributed by atoms with Crippen molar-refractivity contribution in [2.75, 3.05) is 11.4 Å². The van der Waals surface area contributed by atoms with Gasteiger partial charge in [0.05, 0.1) is 6.10 Å². The normalized spacial score (nSPS) is 13.6. The number of hydrogen-bond donors (Lipinski definition) is 1. The van der Waals surface area contributed by atoms with E-state index in [9.17, 15) is 23.1 Å². The first-order valence-electron chi connectivity index (χ1n) is 6.60. The van der Waals surface area contributed by atoms with Gasteiger partial charge in [-0.05, 0) is 39.3 Å². The molecule has 0 spiro atoms. The monoisotopic (exact) mass is 320 g/mol. The number of amides is 1. The molecule has 124 valence electrons. The predicted octanol–water partition coefficient (Wildman–Crippen LogP) is 3.44. The maximum atomic E-state index is 12.7. The van der Waals surface area contributed by atoms with E-state index >= 15 is 0 Å². The molecule has 1 aromatic heterocycles. The number of carbonyl (C=O) groups is 1. The van der Waals surface area contributed by atoms with Crippen molar-refractivity contribution in [2.45, 2.75) is 45.6 Å². The van der Waals surface area contributed by atoms with Gasteiger partial charge in [0.15, 0.2) is 0 Å². The second kappa shape index (κ2) is 6.51. The first-order valence-corrected chi connectivity index (χ1v) is 6.60. The van der Waals surface area contributed by atoms with Crippen LogP contribution in [0.1, 0.15) is 39.4 Å². The maximum Gasteiger partial charge on any atom is 0.416 e. The predicted molar refractivity (Wildman–Crippen MR) is 74.5 cm³/mol. The Morgan fingerprint density at radius 2 is 1.95 bits per heavy atom. The quantitative estimate of drug-likeness (QED) is 0.926. The van der Waals surface area contributed by atoms with Crippen LogP contribution < -0.4 is 4.90 Å². The summed E-state index contributed by atoms with van der Waals surface area (Å²) in [6, 6.07) is 2.64. The van der Waals surface area contributed by atoms with Crippen LogP contribution >= 0.6 is 0 Å². The van der Waals surface area contributed by atoms with Crippen LogP contribution in [0.4, 0.5) is 23.8 Å². The Bertz CT molecular complexity index is 508. The molecular formula is C14H19F3N2O3. The largest absolute Gasteiger partial charge is 0.443 e. The fourth-order valence-electron chi connectivity index (χ4n) is 1.54. The minimum absolute atomic E-state index is 0.198. The molecule has 1 aromatic rings. The number of aromatic nitrogens is 1. The SMILES string of the molecule is CC(O)c1ccc(N(CC(F)(F)F)C(=O)OC(C)(C)C)nc1. The van der Waals surface area contributed by atoms with E-state index in [-0.39, 0.29) is 5.82 Å². The topological polar surface area (TPSA) is 62.7 Å². The van der Waals surface area contributed by atoms with Crippen LogP contribution in [0.5, 0.6) is 0 Å². The van der Waals surface area contributed by atoms with Gasteiger partial charge in [-0.2, -0.15) is 13.2 Å². The number of halogens is 3. The molecule has 0 fully saturated rings. The Morgan fingerprint density at radius 1 is 1.36 bits per heavy atom. The molecule has 0 radical (unpaired) electrons. The first-order chi connectivity index (χ1) is 9.89. The van der Waals surface area contributed by atoms with Crippen LogP contribution in [0.2, 0.25) is 0 Å². The standard InChI is InChI=1S/C14H19F3N2O3/c1-9(20)10-5-6-11(18-7-10)19(8-14(15,16)17)12(21)22-13(2,3)4/h5-7,9,20H,8H2,1-4H3. The highest BCUT2D eigenvalue weighted by Crippen LogP contribution is 2.24. The number of aliphatic hydroxyl groups excluding tert-OH is 1. The minimum Gasteiger partial charge on any atom is -0.443 e. The minimum atomic E-state index is -4.60. The van der Waals surface area contributed by atoms with E-state index in [1.165, 1.54) is 25.3 Å². The number of ether oxygens (including phenoxy) is 1. The lowest BCUT2D eigenvalue weighted by molar-refractivity contribution is -0.119. The summed E-state index contributed by atoms with van der Waals surface area (Å²) >= 11 is 0. The molecule has 0 bridgehead atoms. The molecule has 22 heavy (non-hydrogen) atoms. The van der Waals surface area contributed by atoms with Crippen molar-refractivity contribution >= 4 is 11.9 Å². The van der Waals surface area contributed by atoms with Gasteiger partial charge in [0.1, 0.15) is 18.0 Å². The Kier molecular flexibility index (Phi) is 5.39. The molecule has 0 aliphatic rings. The number of rotatable bonds is 3. The maximum absolute atomic E-state index is 12.7. The Balaban J connectivity index is 3.06. The van der Waals surface area contributed by atoms with Gasteiger partial charge in [-0.1, -0.05) is 6.07 Å². The van der Waals surface area contributed by atoms with Crippen molar-refractivity contribution in [3.8, 4) is 0 Å². The van der Waals surface area contributed by atoms with Crippen LogP contribution in [0.3, 0.4) is 0 Å². The summed E-state index contributed by atoms with van der Waals surface area (Å²) in [5.41, 5.74) is -0.500. The molecule has 1 amide bonds. The number of anilines is 1. The molecule has 0 saturated carbocycles. The third kappa shape index (κ3) is 5.88. The number of aliphatic hydroxyl groups is 1. The summed E-state index contributed by atoms with van der Waals surface area (Å²) < 4.78 is 43.0. The third-order valence-electron chi connectivity index (χ3n) is 2.48. The van der Waals surface area contributed by atoms with Gasteiger partial charge in [-0.3, -0.25) is 4.90 Å². The van der Waals surface area contributed by atoms with Gasteiger partial charge in [-0.15, -0.1) is 0 Å². The Labute approximate surface area is 126 Å². The molecule has 0 aliphatic heterocycles. The smallest absolute Gasteiger partial charge is 0.416 e. The van der Waals surface area contributed by atoms with Crippen molar-refractivity contribution in [3.63, 3.8) is 0 Å². The van der Waals surface area contributed by atoms with Crippen LogP contribution in [-0.2, 0) is 4.74 Å². The average Bonchev–Trinajstić information content (AvgIpc) is 2.33. The zero-order valence-corrected chi connectivity index (χ0v) is 12.8. The number of alkyl halides is 3. The lowest BCUT2D eigenvalue weighted by Crippen LogP contribution is -2.42. The van der Waals surface area contributed by atoms with Crippen LogP contribution in [0.25, 0.3) is 0 Å². The molecular weight excluding hydrogens is 301 g/mol. The first kappa shape index (κ1) is 18.2. The van der Waals surface area contributed by atoms with Crippen molar-refractivity contribution in [1.29, 1.82) is 0 Å². The highest BCUT2D eigenvalue weighted by molar-refractivity contribution is 5.86. The van der Waals surface area contributed by atoms with E-state index in [1.54, 1.807) is 20.8 Å². The van der Waals surface area contributed by atoms with Crippen molar-refractivity contribution in [3.05, 3.63) is 23.9 Å². The van der Waals surface area contributed by atoms with Gasteiger partial charge in [0.25, 0.3) is 0 Å². The van der Waals surface area contributed by atoms with E-state index in [4.69, 9.17) is 4.74 Å². The molecule has 0 aromatic carbocycles. The van der Waals surface area contributed by atoms with Crippen molar-refractivity contribution < 1.29 is 27.8 Å². The van der Waals surface area contributed by atoms with Crippen molar-refractivity contribution in [2.24, 2.45) is 0 Å². The zero-order valence-electron chi connectivity index (χ0n) is 12.8. The van der Waals surface area contributed by atoms with E-state index in [2.05, 4.69) is 4.98 Å². The lowest BCUT2D eigenvalue weighted by Gasteiger charge is -2.27. The van der Waals surface area contributed by atoms with Crippen LogP contribution in [-0.4, -0.2) is 34.5 Å². The molecule has 8 heteroatoms. The van der Waals surface area contributed by atoms with Crippen LogP contribution in [0, 0.1) is 0 Å². The second-order valence-corrected chi connectivity index (χ2v) is 5.81. The molecule has 1 atom stereocenters. The molecule has 5 nitrogen and oxygen atoms in total. The number of hydrogen-bond acceptors (Lipinski definition) is 4. The molecule has 1 rings (SSSR count).